The fourth-order valence-electron chi connectivity index (χ4n) is 2.92. The highest BCUT2D eigenvalue weighted by Crippen LogP contribution is 2.21. The molecular weight excluding hydrogens is 234 g/mol. The molecule has 0 radical (unpaired) electrons. The van der Waals surface area contributed by atoms with Gasteiger partial charge in [-0.1, -0.05) is 27.7 Å². The number of nitrogens with zero attached hydrogens (tertiary/aromatic N) is 2. The molecule has 0 aromatic heterocycles. The van der Waals surface area contributed by atoms with Crippen LogP contribution in [0.2, 0.25) is 0 Å². The first kappa shape index (κ1) is 16.9. The highest BCUT2D eigenvalue weighted by atomic mass is 15.2. The van der Waals surface area contributed by atoms with Crippen LogP contribution in [-0.2, 0) is 0 Å². The first-order chi connectivity index (χ1) is 8.84. The molecule has 0 aliphatic carbocycles. The van der Waals surface area contributed by atoms with Gasteiger partial charge >= 0.3 is 0 Å². The number of likely N-dealkylation sites (tertiary alicyclic amines) is 1. The number of hydrogen-bond acceptors (Lipinski definition) is 3. The van der Waals surface area contributed by atoms with Gasteiger partial charge in [-0.3, -0.25) is 0 Å². The lowest BCUT2D eigenvalue weighted by Crippen LogP contribution is -2.49. The second-order valence-corrected chi connectivity index (χ2v) is 7.37. The Balaban J connectivity index is 2.43. The molecule has 3 heteroatoms. The predicted octanol–water partition coefficient (Wildman–Crippen LogP) is 2.43. The van der Waals surface area contributed by atoms with E-state index < -0.39 is 0 Å². The SMILES string of the molecule is CCCNC(CN(C)CC1CCCN1C)C(C)(C)C. The van der Waals surface area contributed by atoms with Crippen LogP contribution < -0.4 is 5.32 Å². The van der Waals surface area contributed by atoms with Gasteiger partial charge in [0.05, 0.1) is 0 Å². The Hall–Kier alpha value is -0.120. The predicted molar refractivity (Wildman–Crippen MR) is 84.7 cm³/mol. The smallest absolute Gasteiger partial charge is 0.0243 e. The van der Waals surface area contributed by atoms with Gasteiger partial charge in [0, 0.05) is 25.2 Å². The minimum absolute atomic E-state index is 0.324. The minimum atomic E-state index is 0.324. The molecule has 1 aliphatic heterocycles. The van der Waals surface area contributed by atoms with Crippen molar-refractivity contribution in [2.45, 2.75) is 59.0 Å². The van der Waals surface area contributed by atoms with Crippen LogP contribution in [0.3, 0.4) is 0 Å². The maximum absolute atomic E-state index is 3.72. The van der Waals surface area contributed by atoms with Crippen molar-refractivity contribution in [3.63, 3.8) is 0 Å². The van der Waals surface area contributed by atoms with Crippen molar-refractivity contribution in [1.82, 2.24) is 15.1 Å². The molecule has 0 bridgehead atoms. The Labute approximate surface area is 120 Å². The molecule has 0 saturated carbocycles. The van der Waals surface area contributed by atoms with Gasteiger partial charge < -0.3 is 15.1 Å². The van der Waals surface area contributed by atoms with Gasteiger partial charge in [0.1, 0.15) is 0 Å². The van der Waals surface area contributed by atoms with Crippen molar-refractivity contribution in [3.8, 4) is 0 Å². The molecule has 1 fully saturated rings. The van der Waals surface area contributed by atoms with E-state index in [1.807, 2.05) is 0 Å². The van der Waals surface area contributed by atoms with E-state index in [0.717, 1.165) is 19.1 Å². The molecule has 1 rings (SSSR count). The summed E-state index contributed by atoms with van der Waals surface area (Å²) in [5.41, 5.74) is 0.324. The van der Waals surface area contributed by atoms with E-state index in [2.05, 4.69) is 56.9 Å². The number of likely N-dealkylation sites (N-methyl/N-ethyl adjacent to an activating group) is 2. The van der Waals surface area contributed by atoms with Gasteiger partial charge in [-0.05, 0) is 51.9 Å². The van der Waals surface area contributed by atoms with Crippen molar-refractivity contribution in [2.75, 3.05) is 40.3 Å². The van der Waals surface area contributed by atoms with Crippen molar-refractivity contribution in [1.29, 1.82) is 0 Å². The van der Waals surface area contributed by atoms with Gasteiger partial charge in [0.2, 0.25) is 0 Å². The third kappa shape index (κ3) is 5.80. The Morgan fingerprint density at radius 1 is 1.37 bits per heavy atom. The third-order valence-electron chi connectivity index (χ3n) is 4.37. The Bertz CT molecular complexity index is 247. The van der Waals surface area contributed by atoms with Crippen molar-refractivity contribution in [3.05, 3.63) is 0 Å². The molecule has 0 amide bonds. The van der Waals surface area contributed by atoms with Crippen LogP contribution in [0.5, 0.6) is 0 Å². The lowest BCUT2D eigenvalue weighted by molar-refractivity contribution is 0.164. The van der Waals surface area contributed by atoms with Crippen molar-refractivity contribution < 1.29 is 0 Å². The monoisotopic (exact) mass is 269 g/mol. The zero-order valence-electron chi connectivity index (χ0n) is 14.0. The summed E-state index contributed by atoms with van der Waals surface area (Å²) in [4.78, 5) is 5.03. The topological polar surface area (TPSA) is 18.5 Å². The molecule has 1 saturated heterocycles. The Kier molecular flexibility index (Phi) is 6.78. The van der Waals surface area contributed by atoms with E-state index >= 15 is 0 Å². The summed E-state index contributed by atoms with van der Waals surface area (Å²) in [5, 5.41) is 3.72. The molecule has 0 spiro atoms. The van der Waals surface area contributed by atoms with Crippen LogP contribution in [0.1, 0.15) is 47.0 Å². The number of nitrogens with one attached hydrogen (secondary N) is 1. The fraction of sp³-hybridized carbons (Fsp3) is 1.00. The second-order valence-electron chi connectivity index (χ2n) is 7.37. The summed E-state index contributed by atoms with van der Waals surface area (Å²) in [6.07, 6.45) is 3.94. The van der Waals surface area contributed by atoms with Crippen LogP contribution in [-0.4, -0.2) is 62.2 Å². The third-order valence-corrected chi connectivity index (χ3v) is 4.37. The largest absolute Gasteiger partial charge is 0.312 e. The van der Waals surface area contributed by atoms with Crippen LogP contribution in [0.4, 0.5) is 0 Å². The molecule has 1 aliphatic rings. The van der Waals surface area contributed by atoms with E-state index in [9.17, 15) is 0 Å². The summed E-state index contributed by atoms with van der Waals surface area (Å²) >= 11 is 0. The van der Waals surface area contributed by atoms with Crippen LogP contribution in [0.15, 0.2) is 0 Å². The molecule has 2 atom stereocenters. The maximum Gasteiger partial charge on any atom is 0.0243 e. The van der Waals surface area contributed by atoms with E-state index in [4.69, 9.17) is 0 Å². The normalized spacial score (nSPS) is 23.2. The first-order valence-electron chi connectivity index (χ1n) is 7.96. The standard InChI is InChI=1S/C16H35N3/c1-7-10-17-15(16(2,3)4)13-18(5)12-14-9-8-11-19(14)6/h14-15,17H,7-13H2,1-6H3. The first-order valence-corrected chi connectivity index (χ1v) is 7.96. The lowest BCUT2D eigenvalue weighted by atomic mass is 9.86. The van der Waals surface area contributed by atoms with Crippen molar-refractivity contribution >= 4 is 0 Å². The molecule has 1 N–H and O–H groups in total. The molecule has 2 unspecified atom stereocenters. The average Bonchev–Trinajstić information content (AvgIpc) is 2.69. The maximum atomic E-state index is 3.72. The molecule has 19 heavy (non-hydrogen) atoms. The van der Waals surface area contributed by atoms with Crippen molar-refractivity contribution in [2.24, 2.45) is 5.41 Å². The van der Waals surface area contributed by atoms with E-state index in [0.29, 0.717) is 11.5 Å². The van der Waals surface area contributed by atoms with Gasteiger partial charge in [0.25, 0.3) is 0 Å². The quantitative estimate of drug-likeness (QED) is 0.766. The summed E-state index contributed by atoms with van der Waals surface area (Å²) in [7, 11) is 4.54. The van der Waals surface area contributed by atoms with Crippen LogP contribution in [0.25, 0.3) is 0 Å². The van der Waals surface area contributed by atoms with Gasteiger partial charge in [-0.15, -0.1) is 0 Å². The number of hydrogen-bond donors (Lipinski definition) is 1. The molecule has 0 aromatic rings. The van der Waals surface area contributed by atoms with E-state index in [1.54, 1.807) is 0 Å². The molecule has 114 valence electrons. The average molecular weight is 269 g/mol. The van der Waals surface area contributed by atoms with Crippen LogP contribution >= 0.6 is 0 Å². The highest BCUT2D eigenvalue weighted by Gasteiger charge is 2.27. The van der Waals surface area contributed by atoms with Gasteiger partial charge in [-0.2, -0.15) is 0 Å². The molecule has 1 heterocycles. The summed E-state index contributed by atoms with van der Waals surface area (Å²) in [5.74, 6) is 0. The molecule has 3 nitrogen and oxygen atoms in total. The summed E-state index contributed by atoms with van der Waals surface area (Å²) in [6.45, 7) is 14.0. The molecular formula is C16H35N3. The lowest BCUT2D eigenvalue weighted by Gasteiger charge is -2.36. The summed E-state index contributed by atoms with van der Waals surface area (Å²) < 4.78 is 0. The van der Waals surface area contributed by atoms with Gasteiger partial charge in [0.15, 0.2) is 0 Å². The molecule has 0 aromatic carbocycles. The Morgan fingerprint density at radius 2 is 2.05 bits per heavy atom. The van der Waals surface area contributed by atoms with E-state index in [-0.39, 0.29) is 0 Å². The zero-order valence-corrected chi connectivity index (χ0v) is 14.0. The highest BCUT2D eigenvalue weighted by molar-refractivity contribution is 4.85. The van der Waals surface area contributed by atoms with Gasteiger partial charge in [-0.25, -0.2) is 0 Å². The second kappa shape index (κ2) is 7.61. The summed E-state index contributed by atoms with van der Waals surface area (Å²) in [6, 6.07) is 1.33. The number of rotatable bonds is 7. The van der Waals surface area contributed by atoms with E-state index in [1.165, 1.54) is 32.4 Å². The van der Waals surface area contributed by atoms with Crippen LogP contribution in [0, 0.1) is 5.41 Å². The Morgan fingerprint density at radius 3 is 2.53 bits per heavy atom. The minimum Gasteiger partial charge on any atom is -0.312 e. The zero-order chi connectivity index (χ0) is 14.5. The fourth-order valence-corrected chi connectivity index (χ4v) is 2.92.